The molecule has 0 saturated heterocycles. The molecule has 2 heteroatoms. The van der Waals surface area contributed by atoms with Crippen molar-refractivity contribution in [3.8, 4) is 11.1 Å². The topological polar surface area (TPSA) is 17.3 Å². The number of benzene rings is 3. The van der Waals surface area contributed by atoms with Crippen LogP contribution < -0.4 is 0 Å². The minimum Gasteiger partial charge on any atom is -0.350 e. The third-order valence-corrected chi connectivity index (χ3v) is 4.25. The summed E-state index contributed by atoms with van der Waals surface area (Å²) < 4.78 is 2.13. The number of fused-ring (bicyclic) bond motifs is 1. The zero-order valence-corrected chi connectivity index (χ0v) is 13.6. The number of hydrogen-bond acceptors (Lipinski definition) is 1. The van der Waals surface area contributed by atoms with Crippen LogP contribution in [0.4, 0.5) is 5.69 Å². The van der Waals surface area contributed by atoms with Crippen molar-refractivity contribution in [1.29, 1.82) is 0 Å². The molecule has 0 aliphatic rings. The van der Waals surface area contributed by atoms with E-state index in [0.29, 0.717) is 0 Å². The van der Waals surface area contributed by atoms with Crippen molar-refractivity contribution in [3.05, 3.63) is 90.6 Å². The van der Waals surface area contributed by atoms with E-state index in [0.717, 1.165) is 11.3 Å². The molecule has 24 heavy (non-hydrogen) atoms. The highest BCUT2D eigenvalue weighted by atomic mass is 14.9. The molecule has 116 valence electrons. The van der Waals surface area contributed by atoms with Crippen LogP contribution >= 0.6 is 0 Å². The van der Waals surface area contributed by atoms with Crippen molar-refractivity contribution >= 4 is 22.8 Å². The maximum atomic E-state index is 4.64. The van der Waals surface area contributed by atoms with Crippen LogP contribution in [-0.4, -0.2) is 10.8 Å². The van der Waals surface area contributed by atoms with Crippen LogP contribution in [0.1, 0.15) is 5.56 Å². The summed E-state index contributed by atoms with van der Waals surface area (Å²) in [5, 5.41) is 1.23. The van der Waals surface area contributed by atoms with Gasteiger partial charge in [-0.2, -0.15) is 0 Å². The molecule has 0 aliphatic heterocycles. The molecule has 0 N–H and O–H groups in total. The van der Waals surface area contributed by atoms with E-state index in [4.69, 9.17) is 0 Å². The second kappa shape index (κ2) is 6.17. The molecule has 0 atom stereocenters. The summed E-state index contributed by atoms with van der Waals surface area (Å²) in [5.41, 5.74) is 5.75. The molecule has 4 rings (SSSR count). The van der Waals surface area contributed by atoms with Crippen LogP contribution in [-0.2, 0) is 7.05 Å². The molecular weight excluding hydrogens is 292 g/mol. The maximum Gasteiger partial charge on any atom is 0.0630 e. The molecule has 0 fully saturated rings. The van der Waals surface area contributed by atoms with E-state index in [1.807, 2.05) is 12.3 Å². The fraction of sp³-hybridized carbons (Fsp3) is 0.0455. The van der Waals surface area contributed by atoms with E-state index in [-0.39, 0.29) is 0 Å². The van der Waals surface area contributed by atoms with Gasteiger partial charge in [-0.25, -0.2) is 0 Å². The van der Waals surface area contributed by atoms with Crippen molar-refractivity contribution in [2.45, 2.75) is 0 Å². The molecular formula is C22H18N2. The SMILES string of the molecule is Cn1cc(C=Nc2ccc(-c3ccccc3)cc2)c2ccccc21. The zero-order chi connectivity index (χ0) is 16.4. The van der Waals surface area contributed by atoms with Gasteiger partial charge in [-0.1, -0.05) is 60.7 Å². The summed E-state index contributed by atoms with van der Waals surface area (Å²) in [5.74, 6) is 0. The average Bonchev–Trinajstić information content (AvgIpc) is 2.98. The summed E-state index contributed by atoms with van der Waals surface area (Å²) in [7, 11) is 2.06. The standard InChI is InChI=1S/C22H18N2/c1-24-16-19(21-9-5-6-10-22(21)24)15-23-20-13-11-18(12-14-20)17-7-3-2-4-8-17/h2-16H,1H3. The number of aliphatic imine (C=N–C) groups is 1. The van der Waals surface area contributed by atoms with Crippen molar-refractivity contribution in [2.24, 2.45) is 12.0 Å². The smallest absolute Gasteiger partial charge is 0.0630 e. The molecule has 3 aromatic carbocycles. The van der Waals surface area contributed by atoms with Gasteiger partial charge in [0.25, 0.3) is 0 Å². The fourth-order valence-electron chi connectivity index (χ4n) is 2.99. The molecule has 2 nitrogen and oxygen atoms in total. The van der Waals surface area contributed by atoms with Crippen LogP contribution in [0, 0.1) is 0 Å². The average molecular weight is 310 g/mol. The van der Waals surface area contributed by atoms with Crippen LogP contribution in [0.5, 0.6) is 0 Å². The molecule has 1 heterocycles. The van der Waals surface area contributed by atoms with Crippen molar-refractivity contribution in [3.63, 3.8) is 0 Å². The van der Waals surface area contributed by atoms with Crippen molar-refractivity contribution in [2.75, 3.05) is 0 Å². The Labute approximate surface area is 141 Å². The lowest BCUT2D eigenvalue weighted by Crippen LogP contribution is -1.82. The first-order valence-corrected chi connectivity index (χ1v) is 8.05. The monoisotopic (exact) mass is 310 g/mol. The first kappa shape index (κ1) is 14.5. The Morgan fingerprint density at radius 3 is 2.21 bits per heavy atom. The molecule has 0 saturated carbocycles. The summed E-state index contributed by atoms with van der Waals surface area (Å²) in [6.45, 7) is 0. The predicted octanol–water partition coefficient (Wildman–Crippen LogP) is 5.60. The van der Waals surface area contributed by atoms with Crippen LogP contribution in [0.25, 0.3) is 22.0 Å². The third kappa shape index (κ3) is 2.74. The normalized spacial score (nSPS) is 11.4. The van der Waals surface area contributed by atoms with Gasteiger partial charge in [0.15, 0.2) is 0 Å². The van der Waals surface area contributed by atoms with E-state index in [9.17, 15) is 0 Å². The van der Waals surface area contributed by atoms with E-state index >= 15 is 0 Å². The van der Waals surface area contributed by atoms with Crippen molar-refractivity contribution < 1.29 is 0 Å². The van der Waals surface area contributed by atoms with Gasteiger partial charge in [0.1, 0.15) is 0 Å². The molecule has 0 amide bonds. The summed E-state index contributed by atoms with van der Waals surface area (Å²) in [6, 6.07) is 27.1. The molecule has 0 spiro atoms. The Morgan fingerprint density at radius 2 is 1.42 bits per heavy atom. The zero-order valence-electron chi connectivity index (χ0n) is 13.6. The van der Waals surface area contributed by atoms with Gasteiger partial charge in [-0.05, 0) is 29.3 Å². The maximum absolute atomic E-state index is 4.64. The Hall–Kier alpha value is -3.13. The number of nitrogens with zero attached hydrogens (tertiary/aromatic N) is 2. The lowest BCUT2D eigenvalue weighted by atomic mass is 10.1. The number of hydrogen-bond donors (Lipinski definition) is 0. The first-order chi connectivity index (χ1) is 11.8. The molecule has 0 radical (unpaired) electrons. The second-order valence-electron chi connectivity index (χ2n) is 5.88. The summed E-state index contributed by atoms with van der Waals surface area (Å²) in [6.07, 6.45) is 4.06. The van der Waals surface area contributed by atoms with E-state index in [1.165, 1.54) is 22.0 Å². The Balaban J connectivity index is 1.62. The van der Waals surface area contributed by atoms with Gasteiger partial charge in [0.2, 0.25) is 0 Å². The molecule has 0 aliphatic carbocycles. The Bertz CT molecular complexity index is 993. The third-order valence-electron chi connectivity index (χ3n) is 4.25. The van der Waals surface area contributed by atoms with Gasteiger partial charge in [-0.15, -0.1) is 0 Å². The van der Waals surface area contributed by atoms with Crippen LogP contribution in [0.3, 0.4) is 0 Å². The van der Waals surface area contributed by atoms with Gasteiger partial charge in [-0.3, -0.25) is 4.99 Å². The lowest BCUT2D eigenvalue weighted by molar-refractivity contribution is 0.968. The van der Waals surface area contributed by atoms with E-state index < -0.39 is 0 Å². The predicted molar refractivity (Wildman–Crippen MR) is 102 cm³/mol. The second-order valence-corrected chi connectivity index (χ2v) is 5.88. The molecule has 0 unspecified atom stereocenters. The quantitative estimate of drug-likeness (QED) is 0.438. The summed E-state index contributed by atoms with van der Waals surface area (Å²) >= 11 is 0. The summed E-state index contributed by atoms with van der Waals surface area (Å²) in [4.78, 5) is 4.64. The molecule has 1 aromatic heterocycles. The molecule has 4 aromatic rings. The highest BCUT2D eigenvalue weighted by molar-refractivity contribution is 6.00. The van der Waals surface area contributed by atoms with Crippen molar-refractivity contribution in [1.82, 2.24) is 4.57 Å². The Morgan fingerprint density at radius 1 is 0.750 bits per heavy atom. The van der Waals surface area contributed by atoms with Crippen LogP contribution in [0.15, 0.2) is 90.1 Å². The first-order valence-electron chi connectivity index (χ1n) is 8.05. The largest absolute Gasteiger partial charge is 0.350 e. The lowest BCUT2D eigenvalue weighted by Gasteiger charge is -2.01. The number of aryl methyl sites for hydroxylation is 1. The minimum atomic E-state index is 0.961. The molecule has 0 bridgehead atoms. The number of rotatable bonds is 3. The van der Waals surface area contributed by atoms with Crippen LogP contribution in [0.2, 0.25) is 0 Å². The van der Waals surface area contributed by atoms with E-state index in [1.54, 1.807) is 0 Å². The highest BCUT2D eigenvalue weighted by Gasteiger charge is 2.03. The van der Waals surface area contributed by atoms with Gasteiger partial charge >= 0.3 is 0 Å². The number of para-hydroxylation sites is 1. The fourth-order valence-corrected chi connectivity index (χ4v) is 2.99. The Kier molecular flexibility index (Phi) is 3.72. The van der Waals surface area contributed by atoms with Gasteiger partial charge in [0.05, 0.1) is 5.69 Å². The van der Waals surface area contributed by atoms with Gasteiger partial charge < -0.3 is 4.57 Å². The highest BCUT2D eigenvalue weighted by Crippen LogP contribution is 2.23. The number of aromatic nitrogens is 1. The van der Waals surface area contributed by atoms with Gasteiger partial charge in [0, 0.05) is 35.9 Å². The van der Waals surface area contributed by atoms with E-state index in [2.05, 4.69) is 95.6 Å². The minimum absolute atomic E-state index is 0.961.